The maximum absolute atomic E-state index is 12.8. The highest BCUT2D eigenvalue weighted by atomic mass is 32.2. The number of halogens is 3. The van der Waals surface area contributed by atoms with Crippen LogP contribution in [0, 0.1) is 0 Å². The number of nitrogens with one attached hydrogen (secondary N) is 1. The number of amides is 1. The third-order valence-electron chi connectivity index (χ3n) is 4.92. The molecule has 0 spiro atoms. The number of hydrogen-bond donors (Lipinski definition) is 1. The first-order valence-corrected chi connectivity index (χ1v) is 11.3. The summed E-state index contributed by atoms with van der Waals surface area (Å²) in [5.74, 6) is -0.223. The fraction of sp³-hybridized carbons (Fsp3) is 0.381. The molecule has 1 saturated heterocycles. The van der Waals surface area contributed by atoms with Gasteiger partial charge in [-0.05, 0) is 62.2 Å². The minimum Gasteiger partial charge on any atom is -0.377 e. The maximum Gasteiger partial charge on any atom is 0.416 e. The SMILES string of the molecule is CCOC1CCCN(C(=O)c2ccc(S(=O)(=O)Nc3cccc(C(F)(F)F)c3)cc2)C1. The zero-order valence-electron chi connectivity index (χ0n) is 16.9. The van der Waals surface area contributed by atoms with Crippen molar-refractivity contribution in [1.82, 2.24) is 4.90 Å². The number of ether oxygens (including phenoxy) is 1. The summed E-state index contributed by atoms with van der Waals surface area (Å²) in [5, 5.41) is 0. The lowest BCUT2D eigenvalue weighted by atomic mass is 10.1. The van der Waals surface area contributed by atoms with Crippen LogP contribution in [0.3, 0.4) is 0 Å². The van der Waals surface area contributed by atoms with Crippen molar-refractivity contribution in [1.29, 1.82) is 0 Å². The van der Waals surface area contributed by atoms with Crippen LogP contribution in [0.2, 0.25) is 0 Å². The number of alkyl halides is 3. The second-order valence-corrected chi connectivity index (χ2v) is 8.86. The lowest BCUT2D eigenvalue weighted by molar-refractivity contribution is -0.137. The molecule has 1 fully saturated rings. The summed E-state index contributed by atoms with van der Waals surface area (Å²) < 4.78 is 71.4. The summed E-state index contributed by atoms with van der Waals surface area (Å²) >= 11 is 0. The van der Waals surface area contributed by atoms with E-state index in [-0.39, 0.29) is 22.6 Å². The molecule has 168 valence electrons. The number of rotatable bonds is 6. The van der Waals surface area contributed by atoms with E-state index in [1.54, 1.807) is 4.90 Å². The van der Waals surface area contributed by atoms with Crippen molar-refractivity contribution >= 4 is 21.6 Å². The van der Waals surface area contributed by atoms with Crippen LogP contribution in [0.5, 0.6) is 0 Å². The number of piperidine rings is 1. The highest BCUT2D eigenvalue weighted by molar-refractivity contribution is 7.92. The molecule has 1 unspecified atom stereocenters. The van der Waals surface area contributed by atoms with E-state index in [0.717, 1.165) is 31.0 Å². The maximum atomic E-state index is 12.8. The van der Waals surface area contributed by atoms with Gasteiger partial charge in [-0.15, -0.1) is 0 Å². The molecule has 1 aliphatic rings. The Bertz CT molecular complexity index is 1020. The number of likely N-dealkylation sites (tertiary alicyclic amines) is 1. The van der Waals surface area contributed by atoms with Gasteiger partial charge in [-0.25, -0.2) is 8.42 Å². The van der Waals surface area contributed by atoms with Crippen LogP contribution in [0.4, 0.5) is 18.9 Å². The van der Waals surface area contributed by atoms with Gasteiger partial charge in [0.2, 0.25) is 0 Å². The average Bonchev–Trinajstić information content (AvgIpc) is 2.73. The molecule has 0 aliphatic carbocycles. The first kappa shape index (κ1) is 23.1. The molecule has 6 nitrogen and oxygen atoms in total. The third kappa shape index (κ3) is 5.76. The molecule has 0 bridgehead atoms. The molecule has 31 heavy (non-hydrogen) atoms. The highest BCUT2D eigenvalue weighted by Gasteiger charge is 2.31. The topological polar surface area (TPSA) is 75.7 Å². The van der Waals surface area contributed by atoms with Gasteiger partial charge in [-0.1, -0.05) is 6.07 Å². The molecule has 3 rings (SSSR count). The molecular weight excluding hydrogens is 433 g/mol. The number of anilines is 1. The predicted octanol–water partition coefficient (Wildman–Crippen LogP) is 4.15. The Hall–Kier alpha value is -2.59. The van der Waals surface area contributed by atoms with Crippen molar-refractivity contribution in [3.63, 3.8) is 0 Å². The molecule has 0 saturated carbocycles. The third-order valence-corrected chi connectivity index (χ3v) is 6.32. The van der Waals surface area contributed by atoms with Gasteiger partial charge in [-0.3, -0.25) is 9.52 Å². The molecule has 1 atom stereocenters. The molecule has 0 aromatic heterocycles. The van der Waals surface area contributed by atoms with Crippen LogP contribution in [0.15, 0.2) is 53.4 Å². The van der Waals surface area contributed by atoms with E-state index in [1.165, 1.54) is 30.3 Å². The summed E-state index contributed by atoms with van der Waals surface area (Å²) in [5.41, 5.74) is -0.832. The lowest BCUT2D eigenvalue weighted by Gasteiger charge is -2.32. The van der Waals surface area contributed by atoms with Crippen molar-refractivity contribution in [2.45, 2.75) is 36.9 Å². The molecule has 2 aromatic rings. The molecule has 1 aliphatic heterocycles. The first-order chi connectivity index (χ1) is 14.6. The van der Waals surface area contributed by atoms with Crippen molar-refractivity contribution < 1.29 is 31.1 Å². The average molecular weight is 456 g/mol. The van der Waals surface area contributed by atoms with Crippen LogP contribution >= 0.6 is 0 Å². The highest BCUT2D eigenvalue weighted by Crippen LogP contribution is 2.31. The van der Waals surface area contributed by atoms with Gasteiger partial charge in [0, 0.05) is 30.9 Å². The Morgan fingerprint density at radius 3 is 2.55 bits per heavy atom. The Balaban J connectivity index is 1.72. The van der Waals surface area contributed by atoms with E-state index < -0.39 is 21.8 Å². The number of benzene rings is 2. The van der Waals surface area contributed by atoms with Crippen molar-refractivity contribution in [2.24, 2.45) is 0 Å². The number of hydrogen-bond acceptors (Lipinski definition) is 4. The van der Waals surface area contributed by atoms with Crippen molar-refractivity contribution in [2.75, 3.05) is 24.4 Å². The zero-order valence-corrected chi connectivity index (χ0v) is 17.7. The Morgan fingerprint density at radius 1 is 1.19 bits per heavy atom. The van der Waals surface area contributed by atoms with Gasteiger partial charge >= 0.3 is 6.18 Å². The molecule has 1 heterocycles. The van der Waals surface area contributed by atoms with Gasteiger partial charge in [0.1, 0.15) is 0 Å². The minimum absolute atomic E-state index is 0.0148. The molecule has 1 amide bonds. The minimum atomic E-state index is -4.58. The normalized spacial score (nSPS) is 17.4. The van der Waals surface area contributed by atoms with E-state index in [1.807, 2.05) is 6.92 Å². The second kappa shape index (κ2) is 9.27. The first-order valence-electron chi connectivity index (χ1n) is 9.81. The number of nitrogens with zero attached hydrogens (tertiary/aromatic N) is 1. The smallest absolute Gasteiger partial charge is 0.377 e. The van der Waals surface area contributed by atoms with E-state index in [4.69, 9.17) is 4.74 Å². The summed E-state index contributed by atoms with van der Waals surface area (Å²) in [7, 11) is -4.12. The number of sulfonamides is 1. The quantitative estimate of drug-likeness (QED) is 0.709. The van der Waals surface area contributed by atoms with Crippen molar-refractivity contribution in [3.8, 4) is 0 Å². The van der Waals surface area contributed by atoms with Crippen LogP contribution in [-0.2, 0) is 20.9 Å². The fourth-order valence-electron chi connectivity index (χ4n) is 3.43. The van der Waals surface area contributed by atoms with Crippen molar-refractivity contribution in [3.05, 3.63) is 59.7 Å². The second-order valence-electron chi connectivity index (χ2n) is 7.18. The molecular formula is C21H23F3N2O4S. The standard InChI is InChI=1S/C21H23F3N2O4S/c1-2-30-18-7-4-12-26(14-18)20(27)15-8-10-19(11-9-15)31(28,29)25-17-6-3-5-16(13-17)21(22,23)24/h3,5-6,8-11,13,18,25H,2,4,7,12,14H2,1H3. The summed E-state index contributed by atoms with van der Waals surface area (Å²) in [6.45, 7) is 3.54. The summed E-state index contributed by atoms with van der Waals surface area (Å²) in [4.78, 5) is 14.2. The lowest BCUT2D eigenvalue weighted by Crippen LogP contribution is -2.43. The van der Waals surface area contributed by atoms with Gasteiger partial charge < -0.3 is 9.64 Å². The van der Waals surface area contributed by atoms with Crippen LogP contribution in [-0.4, -0.2) is 45.0 Å². The number of carbonyl (C=O) groups excluding carboxylic acids is 1. The van der Waals surface area contributed by atoms with Crippen LogP contribution in [0.1, 0.15) is 35.7 Å². The van der Waals surface area contributed by atoms with Gasteiger partial charge in [0.15, 0.2) is 0 Å². The Labute approximate surface area is 179 Å². The van der Waals surface area contributed by atoms with E-state index in [0.29, 0.717) is 25.3 Å². The monoisotopic (exact) mass is 456 g/mol. The fourth-order valence-corrected chi connectivity index (χ4v) is 4.48. The largest absolute Gasteiger partial charge is 0.416 e. The van der Waals surface area contributed by atoms with Gasteiger partial charge in [-0.2, -0.15) is 13.2 Å². The summed E-state index contributed by atoms with van der Waals surface area (Å²) in [6, 6.07) is 9.24. The molecule has 1 N–H and O–H groups in total. The molecule has 2 aromatic carbocycles. The van der Waals surface area contributed by atoms with Gasteiger partial charge in [0.05, 0.1) is 16.6 Å². The van der Waals surface area contributed by atoms with E-state index >= 15 is 0 Å². The Morgan fingerprint density at radius 2 is 1.90 bits per heavy atom. The molecule has 10 heteroatoms. The Kier molecular flexibility index (Phi) is 6.90. The van der Waals surface area contributed by atoms with Crippen LogP contribution < -0.4 is 4.72 Å². The zero-order chi connectivity index (χ0) is 22.6. The predicted molar refractivity (Wildman–Crippen MR) is 109 cm³/mol. The van der Waals surface area contributed by atoms with E-state index in [2.05, 4.69) is 4.72 Å². The summed E-state index contributed by atoms with van der Waals surface area (Å²) in [6.07, 6.45) is -2.89. The number of carbonyl (C=O) groups is 1. The van der Waals surface area contributed by atoms with Gasteiger partial charge in [0.25, 0.3) is 15.9 Å². The van der Waals surface area contributed by atoms with E-state index in [9.17, 15) is 26.4 Å². The molecule has 0 radical (unpaired) electrons. The van der Waals surface area contributed by atoms with Crippen LogP contribution in [0.25, 0.3) is 0 Å².